The molecule has 1 saturated carbocycles. The first-order valence-corrected chi connectivity index (χ1v) is 10.3. The van der Waals surface area contributed by atoms with Crippen LogP contribution in [0.4, 0.5) is 0 Å². The van der Waals surface area contributed by atoms with Crippen molar-refractivity contribution in [1.29, 1.82) is 0 Å². The molecule has 2 aromatic heterocycles. The van der Waals surface area contributed by atoms with Gasteiger partial charge >= 0.3 is 0 Å². The number of nitrogens with zero attached hydrogens (tertiary/aromatic N) is 4. The number of thiazole rings is 1. The number of amides is 1. The van der Waals surface area contributed by atoms with E-state index < -0.39 is 0 Å². The molecule has 5 rings (SSSR count). The summed E-state index contributed by atoms with van der Waals surface area (Å²) in [7, 11) is 1.89. The second-order valence-electron chi connectivity index (χ2n) is 7.57. The van der Waals surface area contributed by atoms with Gasteiger partial charge in [0.2, 0.25) is 0 Å². The number of benzene rings is 1. The lowest BCUT2D eigenvalue weighted by molar-refractivity contribution is 0.0732. The first-order valence-electron chi connectivity index (χ1n) is 9.51. The monoisotopic (exact) mass is 378 g/mol. The third kappa shape index (κ3) is 2.88. The van der Waals surface area contributed by atoms with Crippen molar-refractivity contribution in [3.05, 3.63) is 59.4 Å². The number of fused-ring (bicyclic) bond motifs is 1. The molecule has 0 spiro atoms. The first-order chi connectivity index (χ1) is 13.2. The Kier molecular flexibility index (Phi) is 4.08. The Morgan fingerprint density at radius 1 is 1.19 bits per heavy atom. The van der Waals surface area contributed by atoms with Crippen molar-refractivity contribution in [3.8, 4) is 10.6 Å². The maximum absolute atomic E-state index is 13.3. The first kappa shape index (κ1) is 16.7. The van der Waals surface area contributed by atoms with E-state index in [1.54, 1.807) is 17.1 Å². The largest absolute Gasteiger partial charge is 0.334 e. The molecule has 3 heterocycles. The molecule has 1 saturated heterocycles. The van der Waals surface area contributed by atoms with E-state index in [2.05, 4.69) is 45.3 Å². The number of likely N-dealkylation sites (tertiary alicyclic amines) is 1. The van der Waals surface area contributed by atoms with Gasteiger partial charge in [0.05, 0.1) is 12.4 Å². The van der Waals surface area contributed by atoms with Gasteiger partial charge in [-0.25, -0.2) is 4.98 Å². The van der Waals surface area contributed by atoms with Crippen molar-refractivity contribution in [2.24, 2.45) is 13.0 Å². The highest BCUT2D eigenvalue weighted by Crippen LogP contribution is 2.46. The Bertz CT molecular complexity index is 963. The lowest BCUT2D eigenvalue weighted by atomic mass is 9.87. The SMILES string of the molecule is Cn1cc(-c2ncc(C(=O)N3CC(c4ccccc4)C4CCCC43)s2)cn1. The van der Waals surface area contributed by atoms with E-state index in [1.807, 2.05) is 13.2 Å². The molecule has 5 nitrogen and oxygen atoms in total. The minimum atomic E-state index is 0.137. The fourth-order valence-electron chi connectivity index (χ4n) is 4.77. The van der Waals surface area contributed by atoms with Crippen molar-refractivity contribution < 1.29 is 4.79 Å². The molecule has 1 aliphatic carbocycles. The van der Waals surface area contributed by atoms with Crippen molar-refractivity contribution in [2.75, 3.05) is 6.54 Å². The Labute approximate surface area is 162 Å². The Morgan fingerprint density at radius 2 is 2.04 bits per heavy atom. The Morgan fingerprint density at radius 3 is 2.81 bits per heavy atom. The Hall–Kier alpha value is -2.47. The normalized spacial score (nSPS) is 24.3. The zero-order valence-electron chi connectivity index (χ0n) is 15.3. The van der Waals surface area contributed by atoms with Crippen LogP contribution in [0.15, 0.2) is 48.9 Å². The number of carbonyl (C=O) groups is 1. The smallest absolute Gasteiger partial charge is 0.265 e. The topological polar surface area (TPSA) is 51.0 Å². The zero-order chi connectivity index (χ0) is 18.4. The summed E-state index contributed by atoms with van der Waals surface area (Å²) in [6.45, 7) is 0.818. The minimum absolute atomic E-state index is 0.137. The van der Waals surface area contributed by atoms with Crippen LogP contribution in [0.3, 0.4) is 0 Å². The van der Waals surface area contributed by atoms with Crippen LogP contribution in [0.2, 0.25) is 0 Å². The van der Waals surface area contributed by atoms with Crippen molar-refractivity contribution in [2.45, 2.75) is 31.2 Å². The van der Waals surface area contributed by atoms with Gasteiger partial charge in [-0.3, -0.25) is 9.48 Å². The third-order valence-corrected chi connectivity index (χ3v) is 7.03. The fraction of sp³-hybridized carbons (Fsp3) is 0.381. The van der Waals surface area contributed by atoms with Crippen LogP contribution in [0.25, 0.3) is 10.6 Å². The third-order valence-electron chi connectivity index (χ3n) is 6.00. The van der Waals surface area contributed by atoms with Crippen LogP contribution < -0.4 is 0 Å². The summed E-state index contributed by atoms with van der Waals surface area (Å²) in [4.78, 5) is 20.6. The van der Waals surface area contributed by atoms with Crippen LogP contribution in [-0.4, -0.2) is 38.2 Å². The molecule has 1 aromatic carbocycles. The number of aryl methyl sites for hydroxylation is 1. The van der Waals surface area contributed by atoms with Crippen molar-refractivity contribution >= 4 is 17.2 Å². The quantitative estimate of drug-likeness (QED) is 0.693. The maximum Gasteiger partial charge on any atom is 0.265 e. The molecule has 6 heteroatoms. The van der Waals surface area contributed by atoms with Gasteiger partial charge in [-0.05, 0) is 24.3 Å². The van der Waals surface area contributed by atoms with Gasteiger partial charge in [0, 0.05) is 37.3 Å². The molecule has 1 amide bonds. The van der Waals surface area contributed by atoms with Crippen LogP contribution >= 0.6 is 11.3 Å². The molecule has 0 N–H and O–H groups in total. The summed E-state index contributed by atoms with van der Waals surface area (Å²) < 4.78 is 1.76. The summed E-state index contributed by atoms with van der Waals surface area (Å²) >= 11 is 1.47. The van der Waals surface area contributed by atoms with Crippen LogP contribution in [0, 0.1) is 5.92 Å². The molecule has 0 bridgehead atoms. The van der Waals surface area contributed by atoms with Gasteiger partial charge in [0.15, 0.2) is 0 Å². The molecule has 0 radical (unpaired) electrons. The van der Waals surface area contributed by atoms with Crippen molar-refractivity contribution in [3.63, 3.8) is 0 Å². The van der Waals surface area contributed by atoms with Crippen LogP contribution in [0.1, 0.15) is 40.4 Å². The number of carbonyl (C=O) groups excluding carboxylic acids is 1. The predicted octanol–water partition coefficient (Wildman–Crippen LogP) is 3.95. The van der Waals surface area contributed by atoms with E-state index in [1.165, 1.54) is 29.7 Å². The minimum Gasteiger partial charge on any atom is -0.334 e. The summed E-state index contributed by atoms with van der Waals surface area (Å²) in [5.41, 5.74) is 2.33. The number of rotatable bonds is 3. The van der Waals surface area contributed by atoms with E-state index in [4.69, 9.17) is 0 Å². The molecule has 1 aliphatic heterocycles. The van der Waals surface area contributed by atoms with Gasteiger partial charge in [-0.2, -0.15) is 5.10 Å². The summed E-state index contributed by atoms with van der Waals surface area (Å²) in [6, 6.07) is 11.1. The second kappa shape index (κ2) is 6.60. The maximum atomic E-state index is 13.3. The summed E-state index contributed by atoms with van der Waals surface area (Å²) in [5, 5.41) is 5.05. The molecule has 2 aliphatic rings. The predicted molar refractivity (Wildman–Crippen MR) is 106 cm³/mol. The van der Waals surface area contributed by atoms with Crippen LogP contribution in [-0.2, 0) is 7.05 Å². The second-order valence-corrected chi connectivity index (χ2v) is 8.60. The zero-order valence-corrected chi connectivity index (χ0v) is 16.1. The molecule has 3 atom stereocenters. The average Bonchev–Trinajstić information content (AvgIpc) is 3.45. The lowest BCUT2D eigenvalue weighted by Gasteiger charge is -2.22. The highest BCUT2D eigenvalue weighted by molar-refractivity contribution is 7.16. The van der Waals surface area contributed by atoms with Crippen molar-refractivity contribution in [1.82, 2.24) is 19.7 Å². The van der Waals surface area contributed by atoms with E-state index in [9.17, 15) is 4.79 Å². The highest BCUT2D eigenvalue weighted by Gasteiger charge is 2.47. The van der Waals surface area contributed by atoms with Gasteiger partial charge < -0.3 is 4.90 Å². The molecule has 2 fully saturated rings. The summed E-state index contributed by atoms with van der Waals surface area (Å²) in [6.07, 6.45) is 9.01. The van der Waals surface area contributed by atoms with Crippen LogP contribution in [0.5, 0.6) is 0 Å². The molecule has 3 aromatic rings. The molecule has 138 valence electrons. The van der Waals surface area contributed by atoms with Gasteiger partial charge in [-0.15, -0.1) is 11.3 Å². The fourth-order valence-corrected chi connectivity index (χ4v) is 5.62. The average molecular weight is 379 g/mol. The molecule has 3 unspecified atom stereocenters. The van der Waals surface area contributed by atoms with Gasteiger partial charge in [-0.1, -0.05) is 36.8 Å². The number of hydrogen-bond donors (Lipinski definition) is 0. The van der Waals surface area contributed by atoms with Gasteiger partial charge in [0.25, 0.3) is 5.91 Å². The number of hydrogen-bond acceptors (Lipinski definition) is 4. The standard InChI is InChI=1S/C21H22N4OS/c1-24-12-15(10-23-24)20-22-11-19(27-20)21(26)25-13-17(14-6-3-2-4-7-14)16-8-5-9-18(16)25/h2-4,6-7,10-12,16-18H,5,8-9,13H2,1H3. The van der Waals surface area contributed by atoms with E-state index in [0.29, 0.717) is 17.9 Å². The number of aromatic nitrogens is 3. The molecular weight excluding hydrogens is 356 g/mol. The van der Waals surface area contributed by atoms with E-state index >= 15 is 0 Å². The molecular formula is C21H22N4OS. The summed E-state index contributed by atoms with van der Waals surface area (Å²) in [5.74, 6) is 1.17. The Balaban J connectivity index is 1.41. The van der Waals surface area contributed by atoms with Gasteiger partial charge in [0.1, 0.15) is 9.88 Å². The lowest BCUT2D eigenvalue weighted by Crippen LogP contribution is -2.35. The highest BCUT2D eigenvalue weighted by atomic mass is 32.1. The van der Waals surface area contributed by atoms with E-state index in [0.717, 1.165) is 28.4 Å². The van der Waals surface area contributed by atoms with E-state index in [-0.39, 0.29) is 5.91 Å². The molecule has 27 heavy (non-hydrogen) atoms.